The molecule has 0 spiro atoms. The minimum Gasteiger partial charge on any atom is -0.310 e. The molecule has 2 aromatic heterocycles. The number of aromatic nitrogens is 2. The summed E-state index contributed by atoms with van der Waals surface area (Å²) >= 11 is 0. The number of pyridine rings is 1. The lowest BCUT2D eigenvalue weighted by Crippen LogP contribution is -2.13. The van der Waals surface area contributed by atoms with Crippen molar-refractivity contribution in [3.05, 3.63) is 60.2 Å². The summed E-state index contributed by atoms with van der Waals surface area (Å²) in [4.78, 5) is 4.47. The highest BCUT2D eigenvalue weighted by Crippen LogP contribution is 2.25. The number of halogens is 1. The van der Waals surface area contributed by atoms with Crippen LogP contribution in [0.5, 0.6) is 0 Å². The maximum atomic E-state index is 13.3. The quantitative estimate of drug-likeness (QED) is 0.778. The van der Waals surface area contributed by atoms with Crippen LogP contribution in [0, 0.1) is 5.82 Å². The standard InChI is InChI=1S/C17H16FN3/c18-14-3-4-16-13(10-14)6-9-21(16)17-11-12(5-8-20-17)15-2-1-7-19-15/h3-6,8-11,15,19H,1-2,7H2/t15-/m0/s1. The van der Waals surface area contributed by atoms with Gasteiger partial charge < -0.3 is 9.88 Å². The van der Waals surface area contributed by atoms with E-state index in [4.69, 9.17) is 0 Å². The number of benzene rings is 1. The summed E-state index contributed by atoms with van der Waals surface area (Å²) in [7, 11) is 0. The van der Waals surface area contributed by atoms with Crippen molar-refractivity contribution in [2.75, 3.05) is 6.54 Å². The van der Waals surface area contributed by atoms with E-state index in [1.54, 1.807) is 12.1 Å². The van der Waals surface area contributed by atoms with Gasteiger partial charge in [-0.2, -0.15) is 0 Å². The second-order valence-electron chi connectivity index (χ2n) is 5.49. The molecule has 1 saturated heterocycles. The topological polar surface area (TPSA) is 29.9 Å². The van der Waals surface area contributed by atoms with Gasteiger partial charge in [-0.3, -0.25) is 0 Å². The Morgan fingerprint density at radius 2 is 2.14 bits per heavy atom. The first-order valence-electron chi connectivity index (χ1n) is 7.27. The highest BCUT2D eigenvalue weighted by Gasteiger charge is 2.17. The fraction of sp³-hybridized carbons (Fsp3) is 0.235. The van der Waals surface area contributed by atoms with E-state index in [1.807, 2.05) is 23.0 Å². The van der Waals surface area contributed by atoms with Crippen molar-refractivity contribution in [3.8, 4) is 5.82 Å². The van der Waals surface area contributed by atoms with Crippen LogP contribution in [0.3, 0.4) is 0 Å². The SMILES string of the molecule is Fc1ccc2c(ccn2-c2cc([C@@H]3CCCN3)ccn2)c1. The first kappa shape index (κ1) is 12.5. The highest BCUT2D eigenvalue weighted by molar-refractivity contribution is 5.81. The molecular weight excluding hydrogens is 265 g/mol. The largest absolute Gasteiger partial charge is 0.310 e. The fourth-order valence-electron chi connectivity index (χ4n) is 3.06. The zero-order chi connectivity index (χ0) is 14.2. The summed E-state index contributed by atoms with van der Waals surface area (Å²) in [6.07, 6.45) is 6.17. The van der Waals surface area contributed by atoms with Gasteiger partial charge in [0, 0.05) is 23.8 Å². The molecule has 4 rings (SSSR count). The number of fused-ring (bicyclic) bond motifs is 1. The number of hydrogen-bond acceptors (Lipinski definition) is 2. The van der Waals surface area contributed by atoms with E-state index in [0.29, 0.717) is 6.04 Å². The maximum Gasteiger partial charge on any atom is 0.137 e. The van der Waals surface area contributed by atoms with Gasteiger partial charge in [0.15, 0.2) is 0 Å². The number of nitrogens with zero attached hydrogens (tertiary/aromatic N) is 2. The van der Waals surface area contributed by atoms with E-state index in [1.165, 1.54) is 24.5 Å². The van der Waals surface area contributed by atoms with Crippen LogP contribution >= 0.6 is 0 Å². The minimum atomic E-state index is -0.211. The molecule has 3 heterocycles. The maximum absolute atomic E-state index is 13.3. The Bertz CT molecular complexity index is 788. The summed E-state index contributed by atoms with van der Waals surface area (Å²) in [6, 6.07) is 11.4. The third-order valence-electron chi connectivity index (χ3n) is 4.13. The zero-order valence-electron chi connectivity index (χ0n) is 11.6. The normalized spacial score (nSPS) is 18.4. The Hall–Kier alpha value is -2.20. The third kappa shape index (κ3) is 2.21. The molecule has 1 atom stereocenters. The van der Waals surface area contributed by atoms with Gasteiger partial charge in [0.25, 0.3) is 0 Å². The van der Waals surface area contributed by atoms with Crippen LogP contribution in [0.25, 0.3) is 16.7 Å². The molecule has 4 heteroatoms. The van der Waals surface area contributed by atoms with Gasteiger partial charge >= 0.3 is 0 Å². The van der Waals surface area contributed by atoms with Crippen LogP contribution in [0.15, 0.2) is 48.8 Å². The predicted octanol–water partition coefficient (Wildman–Crippen LogP) is 3.59. The van der Waals surface area contributed by atoms with Crippen LogP contribution in [0.2, 0.25) is 0 Å². The first-order chi connectivity index (χ1) is 10.3. The highest BCUT2D eigenvalue weighted by atomic mass is 19.1. The Morgan fingerprint density at radius 1 is 1.19 bits per heavy atom. The number of rotatable bonds is 2. The van der Waals surface area contributed by atoms with Crippen LogP contribution in [0.4, 0.5) is 4.39 Å². The molecule has 106 valence electrons. The first-order valence-corrected chi connectivity index (χ1v) is 7.27. The van der Waals surface area contributed by atoms with E-state index in [-0.39, 0.29) is 5.82 Å². The summed E-state index contributed by atoms with van der Waals surface area (Å²) in [5.74, 6) is 0.667. The van der Waals surface area contributed by atoms with Crippen molar-refractivity contribution < 1.29 is 4.39 Å². The molecule has 21 heavy (non-hydrogen) atoms. The Labute approximate surface area is 122 Å². The second-order valence-corrected chi connectivity index (χ2v) is 5.49. The van der Waals surface area contributed by atoms with Crippen molar-refractivity contribution in [1.29, 1.82) is 0 Å². The van der Waals surface area contributed by atoms with Gasteiger partial charge in [-0.25, -0.2) is 9.37 Å². The molecule has 1 aromatic carbocycles. The monoisotopic (exact) mass is 281 g/mol. The van der Waals surface area contributed by atoms with E-state index < -0.39 is 0 Å². The molecule has 0 amide bonds. The average Bonchev–Trinajstić information content (AvgIpc) is 3.16. The minimum absolute atomic E-state index is 0.211. The lowest BCUT2D eigenvalue weighted by Gasteiger charge is -2.12. The van der Waals surface area contributed by atoms with Crippen molar-refractivity contribution in [2.24, 2.45) is 0 Å². The zero-order valence-corrected chi connectivity index (χ0v) is 11.6. The van der Waals surface area contributed by atoms with E-state index in [2.05, 4.69) is 22.4 Å². The predicted molar refractivity (Wildman–Crippen MR) is 81.0 cm³/mol. The van der Waals surface area contributed by atoms with E-state index in [0.717, 1.165) is 23.3 Å². The number of nitrogens with one attached hydrogen (secondary N) is 1. The molecule has 0 radical (unpaired) electrons. The third-order valence-corrected chi connectivity index (χ3v) is 4.13. The Kier molecular flexibility index (Phi) is 2.97. The molecule has 0 saturated carbocycles. The Morgan fingerprint density at radius 3 is 3.00 bits per heavy atom. The molecule has 1 N–H and O–H groups in total. The summed E-state index contributed by atoms with van der Waals surface area (Å²) in [6.45, 7) is 1.08. The Balaban J connectivity index is 1.79. The van der Waals surface area contributed by atoms with Gasteiger partial charge in [-0.15, -0.1) is 0 Å². The van der Waals surface area contributed by atoms with Gasteiger partial charge in [0.2, 0.25) is 0 Å². The summed E-state index contributed by atoms with van der Waals surface area (Å²) < 4.78 is 15.3. The summed E-state index contributed by atoms with van der Waals surface area (Å²) in [5, 5.41) is 4.39. The molecule has 1 aliphatic rings. The molecule has 3 nitrogen and oxygen atoms in total. The molecule has 0 unspecified atom stereocenters. The number of hydrogen-bond donors (Lipinski definition) is 1. The van der Waals surface area contributed by atoms with E-state index in [9.17, 15) is 4.39 Å². The van der Waals surface area contributed by atoms with Crippen LogP contribution in [-0.4, -0.2) is 16.1 Å². The summed E-state index contributed by atoms with van der Waals surface area (Å²) in [5.41, 5.74) is 2.24. The van der Waals surface area contributed by atoms with Crippen LogP contribution in [0.1, 0.15) is 24.4 Å². The molecule has 1 aliphatic heterocycles. The smallest absolute Gasteiger partial charge is 0.137 e. The van der Waals surface area contributed by atoms with Crippen molar-refractivity contribution in [2.45, 2.75) is 18.9 Å². The van der Waals surface area contributed by atoms with Crippen molar-refractivity contribution >= 4 is 10.9 Å². The van der Waals surface area contributed by atoms with Gasteiger partial charge in [0.05, 0.1) is 5.52 Å². The molecular formula is C17H16FN3. The second kappa shape index (κ2) is 4.97. The van der Waals surface area contributed by atoms with E-state index >= 15 is 0 Å². The lowest BCUT2D eigenvalue weighted by molar-refractivity contribution is 0.629. The molecule has 0 bridgehead atoms. The lowest BCUT2D eigenvalue weighted by atomic mass is 10.1. The van der Waals surface area contributed by atoms with Crippen LogP contribution in [-0.2, 0) is 0 Å². The molecule has 1 fully saturated rings. The fourth-order valence-corrected chi connectivity index (χ4v) is 3.06. The van der Waals surface area contributed by atoms with Gasteiger partial charge in [0.1, 0.15) is 11.6 Å². The van der Waals surface area contributed by atoms with Gasteiger partial charge in [-0.1, -0.05) is 0 Å². The molecule has 0 aliphatic carbocycles. The van der Waals surface area contributed by atoms with Crippen LogP contribution < -0.4 is 5.32 Å². The van der Waals surface area contributed by atoms with Crippen molar-refractivity contribution in [1.82, 2.24) is 14.9 Å². The van der Waals surface area contributed by atoms with Crippen molar-refractivity contribution in [3.63, 3.8) is 0 Å². The molecule has 3 aromatic rings. The van der Waals surface area contributed by atoms with Gasteiger partial charge in [-0.05, 0) is 61.3 Å². The average molecular weight is 281 g/mol.